The molecule has 0 amide bonds. The Balaban J connectivity index is 1.95. The lowest BCUT2D eigenvalue weighted by Crippen LogP contribution is -2.15. The zero-order valence-electron chi connectivity index (χ0n) is 17.2. The second kappa shape index (κ2) is 9.79. The maximum Gasteiger partial charge on any atom is 0.270 e. The second-order valence-corrected chi connectivity index (χ2v) is 8.04. The largest absolute Gasteiger partial charge is 0.497 e. The van der Waals surface area contributed by atoms with Crippen LogP contribution in [-0.4, -0.2) is 33.8 Å². The van der Waals surface area contributed by atoms with Crippen molar-refractivity contribution in [3.05, 3.63) is 82.4 Å². The summed E-state index contributed by atoms with van der Waals surface area (Å²) in [7, 11) is -1.29. The number of hydrazone groups is 1. The van der Waals surface area contributed by atoms with Crippen LogP contribution in [0.15, 0.2) is 76.7 Å². The fourth-order valence-electron chi connectivity index (χ4n) is 2.77. The smallest absolute Gasteiger partial charge is 0.270 e. The van der Waals surface area contributed by atoms with E-state index in [0.717, 1.165) is 6.07 Å². The van der Waals surface area contributed by atoms with Gasteiger partial charge in [-0.2, -0.15) is 5.10 Å². The zero-order valence-corrected chi connectivity index (χ0v) is 18.0. The van der Waals surface area contributed by atoms with Crippen LogP contribution in [0.2, 0.25) is 0 Å². The van der Waals surface area contributed by atoms with Crippen LogP contribution in [0, 0.1) is 10.1 Å². The number of nitro groups is 1. The number of ether oxygens (including phenoxy) is 2. The summed E-state index contributed by atoms with van der Waals surface area (Å²) in [5.74, 6) is 0.931. The third-order valence-corrected chi connectivity index (χ3v) is 5.71. The third-order valence-electron chi connectivity index (χ3n) is 4.31. The summed E-state index contributed by atoms with van der Waals surface area (Å²) in [6, 6.07) is 16.9. The van der Waals surface area contributed by atoms with Crippen LogP contribution in [0.1, 0.15) is 5.56 Å². The van der Waals surface area contributed by atoms with Crippen molar-refractivity contribution < 1.29 is 22.8 Å². The minimum absolute atomic E-state index is 0.0529. The van der Waals surface area contributed by atoms with Crippen molar-refractivity contribution in [1.29, 1.82) is 0 Å². The van der Waals surface area contributed by atoms with E-state index in [0.29, 0.717) is 17.1 Å². The van der Waals surface area contributed by atoms with Crippen molar-refractivity contribution in [2.24, 2.45) is 5.10 Å². The molecule has 2 N–H and O–H groups in total. The molecule has 10 nitrogen and oxygen atoms in total. The number of rotatable bonds is 9. The van der Waals surface area contributed by atoms with E-state index in [1.165, 1.54) is 38.6 Å². The first kappa shape index (κ1) is 22.6. The molecule has 0 aliphatic carbocycles. The maximum absolute atomic E-state index is 13.1. The molecule has 0 saturated heterocycles. The van der Waals surface area contributed by atoms with E-state index in [4.69, 9.17) is 9.47 Å². The number of nitro benzene ring substituents is 1. The van der Waals surface area contributed by atoms with Crippen LogP contribution in [0.3, 0.4) is 0 Å². The highest BCUT2D eigenvalue weighted by atomic mass is 32.2. The van der Waals surface area contributed by atoms with Crippen LogP contribution in [-0.2, 0) is 10.0 Å². The Kier molecular flexibility index (Phi) is 6.90. The number of non-ortho nitro benzene ring substituents is 1. The lowest BCUT2D eigenvalue weighted by atomic mass is 10.2. The molecule has 3 aromatic carbocycles. The highest BCUT2D eigenvalue weighted by molar-refractivity contribution is 7.93. The minimum Gasteiger partial charge on any atom is -0.497 e. The number of hydrogen-bond acceptors (Lipinski definition) is 8. The van der Waals surface area contributed by atoms with Crippen molar-refractivity contribution in [2.45, 2.75) is 4.90 Å². The van der Waals surface area contributed by atoms with E-state index >= 15 is 0 Å². The first-order chi connectivity index (χ1) is 15.3. The lowest BCUT2D eigenvalue weighted by molar-refractivity contribution is -0.385. The Morgan fingerprint density at radius 1 is 0.969 bits per heavy atom. The maximum atomic E-state index is 13.1. The van der Waals surface area contributed by atoms with Gasteiger partial charge in [-0.15, -0.1) is 0 Å². The van der Waals surface area contributed by atoms with Gasteiger partial charge in [-0.1, -0.05) is 24.3 Å². The summed E-state index contributed by atoms with van der Waals surface area (Å²) in [4.78, 5) is 10.2. The third kappa shape index (κ3) is 5.32. The molecule has 11 heteroatoms. The molecule has 0 unspecified atom stereocenters. The fraction of sp³-hybridized carbons (Fsp3) is 0.0952. The highest BCUT2D eigenvalue weighted by Crippen LogP contribution is 2.31. The minimum atomic E-state index is -4.23. The first-order valence-corrected chi connectivity index (χ1v) is 10.7. The van der Waals surface area contributed by atoms with Gasteiger partial charge >= 0.3 is 0 Å². The molecule has 3 aromatic rings. The molecule has 3 rings (SSSR count). The number of hydrogen-bond donors (Lipinski definition) is 2. The van der Waals surface area contributed by atoms with Gasteiger partial charge in [-0.3, -0.25) is 20.3 Å². The summed E-state index contributed by atoms with van der Waals surface area (Å²) < 4.78 is 38.9. The van der Waals surface area contributed by atoms with Gasteiger partial charge in [0.2, 0.25) is 0 Å². The number of sulfonamides is 1. The standard InChI is InChI=1S/C21H20N4O6S/c1-30-17-7-5-6-15(12-17)14-22-23-19-11-10-16(25(26)27)13-21(19)32(28,29)24-18-8-3-4-9-20(18)31-2/h3-14,23-24H,1-2H3. The van der Waals surface area contributed by atoms with Crippen LogP contribution in [0.5, 0.6) is 11.5 Å². The Bertz CT molecular complexity index is 1260. The van der Waals surface area contributed by atoms with Crippen molar-refractivity contribution in [3.8, 4) is 11.5 Å². The average molecular weight is 456 g/mol. The summed E-state index contributed by atoms with van der Waals surface area (Å²) in [6.45, 7) is 0. The zero-order chi connectivity index (χ0) is 23.1. The van der Waals surface area contributed by atoms with E-state index in [1.54, 1.807) is 42.5 Å². The molecule has 0 heterocycles. The van der Waals surface area contributed by atoms with E-state index in [9.17, 15) is 18.5 Å². The first-order valence-electron chi connectivity index (χ1n) is 9.21. The van der Waals surface area contributed by atoms with E-state index in [-0.39, 0.29) is 22.0 Å². The molecule has 0 saturated carbocycles. The SMILES string of the molecule is COc1cccc(C=NNc2ccc([N+](=O)[O-])cc2S(=O)(=O)Nc2ccccc2OC)c1. The predicted octanol–water partition coefficient (Wildman–Crippen LogP) is 3.86. The van der Waals surface area contributed by atoms with Crippen LogP contribution >= 0.6 is 0 Å². The van der Waals surface area contributed by atoms with Gasteiger partial charge < -0.3 is 9.47 Å². The molecular formula is C21H20N4O6S. The van der Waals surface area contributed by atoms with Crippen LogP contribution in [0.25, 0.3) is 0 Å². The van der Waals surface area contributed by atoms with Crippen molar-refractivity contribution in [3.63, 3.8) is 0 Å². The Labute approximate surface area is 184 Å². The Morgan fingerprint density at radius 2 is 1.75 bits per heavy atom. The topological polar surface area (TPSA) is 132 Å². The Hall–Kier alpha value is -4.12. The lowest BCUT2D eigenvalue weighted by Gasteiger charge is -2.14. The predicted molar refractivity (Wildman–Crippen MR) is 121 cm³/mol. The van der Waals surface area contributed by atoms with E-state index in [2.05, 4.69) is 15.2 Å². The van der Waals surface area contributed by atoms with Crippen molar-refractivity contribution >= 4 is 33.3 Å². The number of benzene rings is 3. The molecule has 0 radical (unpaired) electrons. The second-order valence-electron chi connectivity index (χ2n) is 6.39. The number of methoxy groups -OCH3 is 2. The quantitative estimate of drug-likeness (QED) is 0.284. The molecule has 0 aromatic heterocycles. The van der Waals surface area contributed by atoms with Gasteiger partial charge in [0.25, 0.3) is 15.7 Å². The van der Waals surface area contributed by atoms with Gasteiger partial charge in [0, 0.05) is 12.1 Å². The van der Waals surface area contributed by atoms with Gasteiger partial charge in [0.05, 0.1) is 36.7 Å². The molecule has 32 heavy (non-hydrogen) atoms. The van der Waals surface area contributed by atoms with Crippen molar-refractivity contribution in [1.82, 2.24) is 0 Å². The summed E-state index contributed by atoms with van der Waals surface area (Å²) in [5.41, 5.74) is 3.20. The highest BCUT2D eigenvalue weighted by Gasteiger charge is 2.23. The molecule has 0 aliphatic rings. The number of anilines is 2. The number of nitrogens with one attached hydrogen (secondary N) is 2. The van der Waals surface area contributed by atoms with Crippen LogP contribution in [0.4, 0.5) is 17.1 Å². The van der Waals surface area contributed by atoms with Gasteiger partial charge in [0.15, 0.2) is 0 Å². The van der Waals surface area contributed by atoms with E-state index in [1.807, 2.05) is 0 Å². The number of nitrogens with zero attached hydrogens (tertiary/aromatic N) is 2. The molecule has 0 fully saturated rings. The summed E-state index contributed by atoms with van der Waals surface area (Å²) in [6.07, 6.45) is 1.47. The molecule has 0 atom stereocenters. The normalized spacial score (nSPS) is 11.2. The summed E-state index contributed by atoms with van der Waals surface area (Å²) in [5, 5.41) is 15.3. The molecule has 0 aliphatic heterocycles. The van der Waals surface area contributed by atoms with E-state index < -0.39 is 14.9 Å². The summed E-state index contributed by atoms with van der Waals surface area (Å²) >= 11 is 0. The van der Waals surface area contributed by atoms with Gasteiger partial charge in [-0.25, -0.2) is 8.42 Å². The fourth-order valence-corrected chi connectivity index (χ4v) is 4.01. The van der Waals surface area contributed by atoms with Gasteiger partial charge in [-0.05, 0) is 35.9 Å². The van der Waals surface area contributed by atoms with Gasteiger partial charge in [0.1, 0.15) is 16.4 Å². The monoisotopic (exact) mass is 456 g/mol. The number of para-hydroxylation sites is 2. The van der Waals surface area contributed by atoms with Crippen molar-refractivity contribution in [2.75, 3.05) is 24.4 Å². The van der Waals surface area contributed by atoms with Crippen LogP contribution < -0.4 is 19.6 Å². The molecule has 0 bridgehead atoms. The molecular weight excluding hydrogens is 436 g/mol. The Morgan fingerprint density at radius 3 is 2.47 bits per heavy atom. The average Bonchev–Trinajstić information content (AvgIpc) is 2.79. The molecule has 0 spiro atoms. The molecule has 166 valence electrons.